The van der Waals surface area contributed by atoms with Crippen LogP contribution >= 0.6 is 23.4 Å². The number of hydrogen-bond acceptors (Lipinski definition) is 9. The summed E-state index contributed by atoms with van der Waals surface area (Å²) in [4.78, 5) is 4.08. The molecular formula is C20H21ClFN5O3S. The van der Waals surface area contributed by atoms with Gasteiger partial charge in [0.15, 0.2) is 11.6 Å². The zero-order valence-corrected chi connectivity index (χ0v) is 18.4. The maximum atomic E-state index is 14.3. The highest BCUT2D eigenvalue weighted by Gasteiger charge is 2.18. The largest absolute Gasteiger partial charge is 0.489 e. The van der Waals surface area contributed by atoms with Crippen LogP contribution in [-0.2, 0) is 0 Å². The summed E-state index contributed by atoms with van der Waals surface area (Å²) in [7, 11) is 0. The number of nitrogens with one attached hydrogen (secondary N) is 2. The normalized spacial score (nSPS) is 11.7. The fraction of sp³-hybridized carbons (Fsp3) is 0.300. The summed E-state index contributed by atoms with van der Waals surface area (Å²) in [5.74, 6) is -0.755. The second-order valence-corrected chi connectivity index (χ2v) is 8.06. The highest BCUT2D eigenvalue weighted by Crippen LogP contribution is 2.30. The molecule has 0 saturated heterocycles. The van der Waals surface area contributed by atoms with E-state index in [1.807, 2.05) is 6.07 Å². The third kappa shape index (κ3) is 6.63. The number of halogens is 2. The van der Waals surface area contributed by atoms with Crippen LogP contribution in [0, 0.1) is 28.0 Å². The molecule has 164 valence electrons. The predicted molar refractivity (Wildman–Crippen MR) is 118 cm³/mol. The molecule has 1 atom stereocenters. The number of ether oxygens (including phenoxy) is 2. The van der Waals surface area contributed by atoms with E-state index in [9.17, 15) is 9.65 Å². The van der Waals surface area contributed by atoms with Gasteiger partial charge in [0.1, 0.15) is 28.3 Å². The lowest BCUT2D eigenvalue weighted by atomic mass is 10.2. The van der Waals surface area contributed by atoms with Crippen LogP contribution in [0.5, 0.6) is 11.6 Å². The van der Waals surface area contributed by atoms with Gasteiger partial charge in [0, 0.05) is 23.4 Å². The zero-order chi connectivity index (χ0) is 23.1. The molecule has 0 aliphatic rings. The van der Waals surface area contributed by atoms with E-state index in [0.29, 0.717) is 5.56 Å². The summed E-state index contributed by atoms with van der Waals surface area (Å²) >= 11 is 6.89. The maximum Gasteiger partial charge on any atom is 0.231 e. The molecule has 1 aromatic heterocycles. The molecule has 1 aromatic carbocycles. The first-order valence-corrected chi connectivity index (χ1v) is 10.3. The molecule has 5 N–H and O–H groups in total. The molecule has 0 saturated carbocycles. The Labute approximate surface area is 188 Å². The number of rotatable bonds is 8. The molecule has 0 aliphatic carbocycles. The fourth-order valence-electron chi connectivity index (χ4n) is 2.25. The number of nitrogens with two attached hydrogens (primary N) is 1. The molecule has 0 radical (unpaired) electrons. The van der Waals surface area contributed by atoms with Crippen LogP contribution in [0.2, 0.25) is 5.02 Å². The number of benzene rings is 1. The molecule has 0 unspecified atom stereocenters. The van der Waals surface area contributed by atoms with E-state index in [1.165, 1.54) is 18.3 Å². The Balaban J connectivity index is 2.17. The van der Waals surface area contributed by atoms with Gasteiger partial charge in [0.2, 0.25) is 5.88 Å². The fourth-order valence-corrected chi connectivity index (χ4v) is 3.27. The average Bonchev–Trinajstić information content (AvgIpc) is 2.73. The summed E-state index contributed by atoms with van der Waals surface area (Å²) in [6.45, 7) is 3.18. The summed E-state index contributed by atoms with van der Waals surface area (Å²) in [5, 5.41) is 34.5. The zero-order valence-electron chi connectivity index (χ0n) is 16.8. The molecular weight excluding hydrogens is 445 g/mol. The van der Waals surface area contributed by atoms with Gasteiger partial charge in [-0.3, -0.25) is 10.8 Å². The van der Waals surface area contributed by atoms with Crippen LogP contribution < -0.4 is 15.2 Å². The molecule has 8 nitrogen and oxygen atoms in total. The van der Waals surface area contributed by atoms with Crippen molar-refractivity contribution in [2.24, 2.45) is 5.73 Å². The summed E-state index contributed by atoms with van der Waals surface area (Å²) in [6.07, 6.45) is 1.20. The average molecular weight is 466 g/mol. The van der Waals surface area contributed by atoms with Crippen molar-refractivity contribution < 1.29 is 19.0 Å². The van der Waals surface area contributed by atoms with Gasteiger partial charge in [0.25, 0.3) is 0 Å². The molecule has 2 aromatic rings. The van der Waals surface area contributed by atoms with Gasteiger partial charge < -0.3 is 20.3 Å². The quantitative estimate of drug-likeness (QED) is 0.345. The van der Waals surface area contributed by atoms with E-state index in [0.717, 1.165) is 17.8 Å². The topological polar surface area (TPSA) is 149 Å². The first-order chi connectivity index (χ1) is 14.7. The number of nitrogens with zero attached hydrogens (tertiary/aromatic N) is 2. The van der Waals surface area contributed by atoms with Gasteiger partial charge in [-0.2, -0.15) is 5.26 Å². The van der Waals surface area contributed by atoms with Crippen LogP contribution in [0.25, 0.3) is 0 Å². The van der Waals surface area contributed by atoms with Gasteiger partial charge in [-0.1, -0.05) is 23.4 Å². The Morgan fingerprint density at radius 2 is 2.06 bits per heavy atom. The molecule has 0 fully saturated rings. The van der Waals surface area contributed by atoms with Gasteiger partial charge in [-0.15, -0.1) is 0 Å². The van der Waals surface area contributed by atoms with Crippen molar-refractivity contribution in [3.05, 3.63) is 51.9 Å². The standard InChI is InChI=1S/C20H21ClFN5O3S/c1-10(2)30-20-11(6-23)3-12(7-27-20)18(25)31-19(26)14-4-16(22)17(5-15(14)21)29-9-13(24)8-28/h3-5,7,10,13,25-26,28H,8-9,24H2,1-2H3/t13-/m1/s1. The Morgan fingerprint density at radius 1 is 1.35 bits per heavy atom. The number of aliphatic hydroxyl groups excluding tert-OH is 1. The maximum absolute atomic E-state index is 14.3. The van der Waals surface area contributed by atoms with Crippen molar-refractivity contribution in [2.75, 3.05) is 13.2 Å². The van der Waals surface area contributed by atoms with Crippen LogP contribution in [0.4, 0.5) is 4.39 Å². The van der Waals surface area contributed by atoms with E-state index in [1.54, 1.807) is 13.8 Å². The van der Waals surface area contributed by atoms with Gasteiger partial charge in [-0.25, -0.2) is 9.37 Å². The number of aliphatic hydroxyl groups is 1. The Kier molecular flexibility index (Phi) is 8.76. The van der Waals surface area contributed by atoms with Crippen molar-refractivity contribution >= 4 is 33.5 Å². The number of pyridine rings is 1. The van der Waals surface area contributed by atoms with E-state index in [2.05, 4.69) is 4.98 Å². The molecule has 0 bridgehead atoms. The molecule has 2 rings (SSSR count). The van der Waals surface area contributed by atoms with Crippen molar-refractivity contribution in [3.8, 4) is 17.7 Å². The first kappa shape index (κ1) is 24.6. The molecule has 0 amide bonds. The Hall–Kier alpha value is -2.71. The highest BCUT2D eigenvalue weighted by atomic mass is 35.5. The van der Waals surface area contributed by atoms with Crippen LogP contribution in [0.3, 0.4) is 0 Å². The number of thioether (sulfide) groups is 1. The van der Waals surface area contributed by atoms with Crippen LogP contribution in [-0.4, -0.2) is 45.5 Å². The second kappa shape index (κ2) is 11.1. The van der Waals surface area contributed by atoms with Crippen molar-refractivity contribution in [1.82, 2.24) is 4.98 Å². The molecule has 1 heterocycles. The minimum atomic E-state index is -0.759. The smallest absolute Gasteiger partial charge is 0.231 e. The van der Waals surface area contributed by atoms with Crippen molar-refractivity contribution in [3.63, 3.8) is 0 Å². The first-order valence-electron chi connectivity index (χ1n) is 9.07. The Morgan fingerprint density at radius 3 is 2.68 bits per heavy atom. The number of nitriles is 1. The summed E-state index contributed by atoms with van der Waals surface area (Å²) in [6, 6.07) is 4.98. The van der Waals surface area contributed by atoms with Gasteiger partial charge >= 0.3 is 0 Å². The SMILES string of the molecule is CC(C)Oc1ncc(C(=N)SC(=N)c2cc(F)c(OC[C@H](N)CO)cc2Cl)cc1C#N. The molecule has 0 spiro atoms. The molecule has 0 aliphatic heterocycles. The predicted octanol–water partition coefficient (Wildman–Crippen LogP) is 3.32. The van der Waals surface area contributed by atoms with Crippen molar-refractivity contribution in [2.45, 2.75) is 26.0 Å². The molecule has 11 heteroatoms. The minimum Gasteiger partial charge on any atom is -0.489 e. The summed E-state index contributed by atoms with van der Waals surface area (Å²) < 4.78 is 25.0. The van der Waals surface area contributed by atoms with E-state index < -0.39 is 11.9 Å². The van der Waals surface area contributed by atoms with Gasteiger partial charge in [0.05, 0.1) is 23.8 Å². The van der Waals surface area contributed by atoms with E-state index >= 15 is 0 Å². The van der Waals surface area contributed by atoms with Crippen LogP contribution in [0.1, 0.15) is 30.5 Å². The number of hydrogen-bond donors (Lipinski definition) is 4. The second-order valence-electron chi connectivity index (χ2n) is 6.63. The van der Waals surface area contributed by atoms with E-state index in [4.69, 9.17) is 42.7 Å². The van der Waals surface area contributed by atoms with Gasteiger partial charge in [-0.05, 0) is 26.0 Å². The molecule has 31 heavy (non-hydrogen) atoms. The number of aromatic nitrogens is 1. The highest BCUT2D eigenvalue weighted by molar-refractivity contribution is 8.27. The monoisotopic (exact) mass is 465 g/mol. The van der Waals surface area contributed by atoms with E-state index in [-0.39, 0.29) is 57.2 Å². The van der Waals surface area contributed by atoms with Crippen LogP contribution in [0.15, 0.2) is 24.4 Å². The lowest BCUT2D eigenvalue weighted by Crippen LogP contribution is -2.31. The van der Waals surface area contributed by atoms with Crippen molar-refractivity contribution in [1.29, 1.82) is 16.1 Å². The summed E-state index contributed by atoms with van der Waals surface area (Å²) in [5.41, 5.74) is 6.06. The minimum absolute atomic E-state index is 0.0517. The lowest BCUT2D eigenvalue weighted by molar-refractivity contribution is 0.202. The third-order valence-corrected chi connectivity index (χ3v) is 4.92. The Bertz CT molecular complexity index is 1030. The third-order valence-electron chi connectivity index (χ3n) is 3.74. The lowest BCUT2D eigenvalue weighted by Gasteiger charge is -2.14.